The molecule has 1 aliphatic carbocycles. The van der Waals surface area contributed by atoms with Gasteiger partial charge in [-0.05, 0) is 31.9 Å². The maximum Gasteiger partial charge on any atom is 0.156 e. The lowest BCUT2D eigenvalue weighted by Crippen LogP contribution is -2.10. The third-order valence-electron chi connectivity index (χ3n) is 2.81. The van der Waals surface area contributed by atoms with Gasteiger partial charge in [-0.1, -0.05) is 6.07 Å². The summed E-state index contributed by atoms with van der Waals surface area (Å²) in [4.78, 5) is 4.51. The number of hydrogen-bond acceptors (Lipinski definition) is 3. The minimum absolute atomic E-state index is 0.0116. The SMILES string of the molecule is CC(N)c1cccc2nc(C3CC3)nn12. The second-order valence-electron chi connectivity index (χ2n) is 4.25. The minimum atomic E-state index is -0.0116. The molecule has 78 valence electrons. The van der Waals surface area contributed by atoms with E-state index >= 15 is 0 Å². The van der Waals surface area contributed by atoms with Gasteiger partial charge in [-0.3, -0.25) is 0 Å². The number of rotatable bonds is 2. The van der Waals surface area contributed by atoms with Crippen LogP contribution in [-0.4, -0.2) is 14.6 Å². The molecule has 0 bridgehead atoms. The molecule has 0 saturated heterocycles. The fourth-order valence-corrected chi connectivity index (χ4v) is 1.80. The molecule has 0 amide bonds. The zero-order valence-corrected chi connectivity index (χ0v) is 8.72. The normalized spacial score (nSPS) is 18.3. The standard InChI is InChI=1S/C11H14N4/c1-7(12)9-3-2-4-10-13-11(8-5-6-8)14-15(9)10/h2-4,7-8H,5-6,12H2,1H3. The Morgan fingerprint density at radius 1 is 1.47 bits per heavy atom. The summed E-state index contributed by atoms with van der Waals surface area (Å²) in [6, 6.07) is 5.95. The first-order valence-electron chi connectivity index (χ1n) is 5.37. The van der Waals surface area contributed by atoms with E-state index in [1.807, 2.05) is 29.6 Å². The van der Waals surface area contributed by atoms with Gasteiger partial charge in [-0.25, -0.2) is 9.50 Å². The van der Waals surface area contributed by atoms with E-state index in [1.165, 1.54) is 12.8 Å². The van der Waals surface area contributed by atoms with Crippen molar-refractivity contribution in [3.05, 3.63) is 29.7 Å². The second-order valence-corrected chi connectivity index (χ2v) is 4.25. The second kappa shape index (κ2) is 3.03. The molecule has 2 N–H and O–H groups in total. The smallest absolute Gasteiger partial charge is 0.156 e. The van der Waals surface area contributed by atoms with E-state index in [9.17, 15) is 0 Å². The highest BCUT2D eigenvalue weighted by molar-refractivity contribution is 5.40. The summed E-state index contributed by atoms with van der Waals surface area (Å²) >= 11 is 0. The first-order valence-corrected chi connectivity index (χ1v) is 5.37. The largest absolute Gasteiger partial charge is 0.323 e. The number of hydrogen-bond donors (Lipinski definition) is 1. The molecule has 2 aromatic heterocycles. The fourth-order valence-electron chi connectivity index (χ4n) is 1.80. The van der Waals surface area contributed by atoms with Gasteiger partial charge in [0.2, 0.25) is 0 Å². The average Bonchev–Trinajstić information content (AvgIpc) is 2.96. The van der Waals surface area contributed by atoms with Crippen LogP contribution < -0.4 is 5.73 Å². The lowest BCUT2D eigenvalue weighted by atomic mass is 10.2. The van der Waals surface area contributed by atoms with Crippen LogP contribution in [0.15, 0.2) is 18.2 Å². The van der Waals surface area contributed by atoms with Crippen molar-refractivity contribution in [2.24, 2.45) is 5.73 Å². The Hall–Kier alpha value is -1.42. The molecule has 1 aliphatic rings. The number of aromatic nitrogens is 3. The maximum absolute atomic E-state index is 5.89. The van der Waals surface area contributed by atoms with Gasteiger partial charge in [0.05, 0.1) is 5.69 Å². The molecule has 3 rings (SSSR count). The molecule has 0 aliphatic heterocycles. The highest BCUT2D eigenvalue weighted by atomic mass is 15.3. The third-order valence-corrected chi connectivity index (χ3v) is 2.81. The van der Waals surface area contributed by atoms with Crippen molar-refractivity contribution in [1.82, 2.24) is 14.6 Å². The van der Waals surface area contributed by atoms with Crippen molar-refractivity contribution in [3.63, 3.8) is 0 Å². The van der Waals surface area contributed by atoms with Crippen molar-refractivity contribution in [3.8, 4) is 0 Å². The third kappa shape index (κ3) is 1.41. The molecule has 4 heteroatoms. The minimum Gasteiger partial charge on any atom is -0.323 e. The van der Waals surface area contributed by atoms with Crippen LogP contribution in [0.4, 0.5) is 0 Å². The van der Waals surface area contributed by atoms with Crippen molar-refractivity contribution >= 4 is 5.65 Å². The lowest BCUT2D eigenvalue weighted by Gasteiger charge is -2.06. The van der Waals surface area contributed by atoms with Crippen LogP contribution in [0.5, 0.6) is 0 Å². The molecule has 0 radical (unpaired) electrons. The number of nitrogens with zero attached hydrogens (tertiary/aromatic N) is 3. The average molecular weight is 202 g/mol. The van der Waals surface area contributed by atoms with E-state index in [0.717, 1.165) is 17.2 Å². The van der Waals surface area contributed by atoms with Crippen LogP contribution in [0, 0.1) is 0 Å². The lowest BCUT2D eigenvalue weighted by molar-refractivity contribution is 0.720. The van der Waals surface area contributed by atoms with Crippen molar-refractivity contribution in [1.29, 1.82) is 0 Å². The van der Waals surface area contributed by atoms with Gasteiger partial charge >= 0.3 is 0 Å². The van der Waals surface area contributed by atoms with Crippen LogP contribution in [0.2, 0.25) is 0 Å². The predicted octanol–water partition coefficient (Wildman–Crippen LogP) is 1.63. The Morgan fingerprint density at radius 2 is 2.27 bits per heavy atom. The quantitative estimate of drug-likeness (QED) is 0.805. The van der Waals surface area contributed by atoms with Crippen LogP contribution in [0.1, 0.15) is 43.2 Å². The Labute approximate surface area is 88.1 Å². The summed E-state index contributed by atoms with van der Waals surface area (Å²) in [5.41, 5.74) is 7.82. The molecule has 4 nitrogen and oxygen atoms in total. The van der Waals surface area contributed by atoms with Crippen LogP contribution in [-0.2, 0) is 0 Å². The first-order chi connectivity index (χ1) is 7.25. The van der Waals surface area contributed by atoms with Gasteiger partial charge in [0, 0.05) is 12.0 Å². The van der Waals surface area contributed by atoms with E-state index in [-0.39, 0.29) is 6.04 Å². The van der Waals surface area contributed by atoms with Crippen molar-refractivity contribution in [2.45, 2.75) is 31.7 Å². The van der Waals surface area contributed by atoms with Gasteiger partial charge in [0.25, 0.3) is 0 Å². The maximum atomic E-state index is 5.89. The van der Waals surface area contributed by atoms with Gasteiger partial charge in [0.1, 0.15) is 0 Å². The molecule has 1 unspecified atom stereocenters. The monoisotopic (exact) mass is 202 g/mol. The Morgan fingerprint density at radius 3 is 2.93 bits per heavy atom. The van der Waals surface area contributed by atoms with Gasteiger partial charge in [-0.15, -0.1) is 0 Å². The van der Waals surface area contributed by atoms with Gasteiger partial charge < -0.3 is 5.73 Å². The Kier molecular flexibility index (Phi) is 1.79. The molecule has 2 heterocycles. The number of fused-ring (bicyclic) bond motifs is 1. The highest BCUT2D eigenvalue weighted by Gasteiger charge is 2.28. The first kappa shape index (κ1) is 8.85. The van der Waals surface area contributed by atoms with E-state index in [0.29, 0.717) is 5.92 Å². The highest BCUT2D eigenvalue weighted by Crippen LogP contribution is 2.38. The van der Waals surface area contributed by atoms with Crippen LogP contribution in [0.3, 0.4) is 0 Å². The van der Waals surface area contributed by atoms with Crippen molar-refractivity contribution < 1.29 is 0 Å². The van der Waals surface area contributed by atoms with E-state index < -0.39 is 0 Å². The molecule has 0 spiro atoms. The fraction of sp³-hybridized carbons (Fsp3) is 0.455. The molecule has 1 fully saturated rings. The summed E-state index contributed by atoms with van der Waals surface area (Å²) in [7, 11) is 0. The van der Waals surface area contributed by atoms with Crippen LogP contribution >= 0.6 is 0 Å². The zero-order chi connectivity index (χ0) is 10.4. The van der Waals surface area contributed by atoms with E-state index in [2.05, 4.69) is 10.1 Å². The zero-order valence-electron chi connectivity index (χ0n) is 8.72. The molecule has 1 atom stereocenters. The molecule has 15 heavy (non-hydrogen) atoms. The molecule has 0 aromatic carbocycles. The summed E-state index contributed by atoms with van der Waals surface area (Å²) in [6.45, 7) is 1.97. The number of nitrogens with two attached hydrogens (primary N) is 1. The molecule has 2 aromatic rings. The Balaban J connectivity index is 2.19. The molecular weight excluding hydrogens is 188 g/mol. The number of pyridine rings is 1. The van der Waals surface area contributed by atoms with E-state index in [1.54, 1.807) is 0 Å². The molecular formula is C11H14N4. The summed E-state index contributed by atoms with van der Waals surface area (Å²) in [5.74, 6) is 1.56. The van der Waals surface area contributed by atoms with Crippen LogP contribution in [0.25, 0.3) is 5.65 Å². The van der Waals surface area contributed by atoms with Gasteiger partial charge in [-0.2, -0.15) is 5.10 Å². The van der Waals surface area contributed by atoms with Gasteiger partial charge in [0.15, 0.2) is 11.5 Å². The Bertz CT molecular complexity index is 496. The van der Waals surface area contributed by atoms with Crippen molar-refractivity contribution in [2.75, 3.05) is 0 Å². The molecule has 1 saturated carbocycles. The predicted molar refractivity (Wildman–Crippen MR) is 57.6 cm³/mol. The summed E-state index contributed by atoms with van der Waals surface area (Å²) in [5, 5.41) is 4.52. The summed E-state index contributed by atoms with van der Waals surface area (Å²) in [6.07, 6.45) is 2.45. The van der Waals surface area contributed by atoms with E-state index in [4.69, 9.17) is 5.73 Å². The topological polar surface area (TPSA) is 56.2 Å². The summed E-state index contributed by atoms with van der Waals surface area (Å²) < 4.78 is 1.87.